The van der Waals surface area contributed by atoms with Gasteiger partial charge in [0.05, 0.1) is 11.0 Å². The van der Waals surface area contributed by atoms with Crippen LogP contribution < -0.4 is 0 Å². The van der Waals surface area contributed by atoms with Gasteiger partial charge < -0.3 is 0 Å². The summed E-state index contributed by atoms with van der Waals surface area (Å²) in [5.41, 5.74) is 13.8. The minimum Gasteiger partial charge on any atom is -0.292 e. The van der Waals surface area contributed by atoms with Crippen molar-refractivity contribution in [3.63, 3.8) is 0 Å². The van der Waals surface area contributed by atoms with Crippen LogP contribution in [-0.4, -0.2) is 9.55 Å². The van der Waals surface area contributed by atoms with Crippen molar-refractivity contribution < 1.29 is 0 Å². The Balaban J connectivity index is 1.19. The van der Waals surface area contributed by atoms with Crippen LogP contribution in [0, 0.1) is 0 Å². The van der Waals surface area contributed by atoms with Gasteiger partial charge in [-0.15, -0.1) is 0 Å². The molecule has 0 saturated carbocycles. The first-order valence-corrected chi connectivity index (χ1v) is 18.1. The molecule has 0 saturated heterocycles. The van der Waals surface area contributed by atoms with Gasteiger partial charge in [-0.25, -0.2) is 4.98 Å². The molecule has 0 atom stereocenters. The summed E-state index contributed by atoms with van der Waals surface area (Å²) >= 11 is 0. The van der Waals surface area contributed by atoms with Crippen LogP contribution in [0.4, 0.5) is 0 Å². The van der Waals surface area contributed by atoms with Crippen molar-refractivity contribution in [3.05, 3.63) is 206 Å². The maximum Gasteiger partial charge on any atom is 0.146 e. The quantitative estimate of drug-likeness (QED) is 0.161. The topological polar surface area (TPSA) is 17.8 Å². The van der Waals surface area contributed by atoms with E-state index in [4.69, 9.17) is 4.98 Å². The second-order valence-corrected chi connectivity index (χ2v) is 13.5. The third-order valence-corrected chi connectivity index (χ3v) is 10.4. The molecule has 53 heavy (non-hydrogen) atoms. The summed E-state index contributed by atoms with van der Waals surface area (Å²) in [5.74, 6) is 0.923. The third kappa shape index (κ3) is 5.32. The summed E-state index contributed by atoms with van der Waals surface area (Å²) in [7, 11) is 0. The molecule has 2 nitrogen and oxygen atoms in total. The Kier molecular flexibility index (Phi) is 7.51. The predicted octanol–water partition coefficient (Wildman–Crippen LogP) is 13.7. The molecule has 0 aliphatic carbocycles. The van der Waals surface area contributed by atoms with E-state index in [-0.39, 0.29) is 0 Å². The average molecular weight is 675 g/mol. The molecule has 0 unspecified atom stereocenters. The molecule has 0 spiro atoms. The van der Waals surface area contributed by atoms with E-state index in [0.717, 1.165) is 39.2 Å². The van der Waals surface area contributed by atoms with E-state index in [0.29, 0.717) is 0 Å². The van der Waals surface area contributed by atoms with E-state index in [2.05, 4.69) is 211 Å². The third-order valence-electron chi connectivity index (χ3n) is 10.4. The van der Waals surface area contributed by atoms with E-state index in [9.17, 15) is 0 Å². The van der Waals surface area contributed by atoms with Gasteiger partial charge in [-0.1, -0.05) is 182 Å². The van der Waals surface area contributed by atoms with Crippen molar-refractivity contribution >= 4 is 32.6 Å². The number of nitrogens with zero attached hydrogens (tertiary/aromatic N) is 2. The molecule has 0 aliphatic heterocycles. The Hall–Kier alpha value is -7.03. The maximum atomic E-state index is 5.45. The van der Waals surface area contributed by atoms with Gasteiger partial charge in [0.1, 0.15) is 5.82 Å². The van der Waals surface area contributed by atoms with Crippen molar-refractivity contribution in [3.8, 4) is 61.6 Å². The van der Waals surface area contributed by atoms with Gasteiger partial charge in [0.25, 0.3) is 0 Å². The van der Waals surface area contributed by atoms with Gasteiger partial charge in [0.15, 0.2) is 0 Å². The van der Waals surface area contributed by atoms with E-state index < -0.39 is 0 Å². The minimum absolute atomic E-state index is 0.923. The maximum absolute atomic E-state index is 5.45. The first-order chi connectivity index (χ1) is 26.3. The number of fused-ring (bicyclic) bond motifs is 3. The summed E-state index contributed by atoms with van der Waals surface area (Å²) in [6, 6.07) is 73.9. The van der Waals surface area contributed by atoms with Crippen molar-refractivity contribution in [2.75, 3.05) is 0 Å². The minimum atomic E-state index is 0.923. The molecule has 10 aromatic rings. The predicted molar refractivity (Wildman–Crippen MR) is 223 cm³/mol. The number of para-hydroxylation sites is 1. The van der Waals surface area contributed by atoms with Crippen LogP contribution in [0.5, 0.6) is 0 Å². The van der Waals surface area contributed by atoms with Crippen LogP contribution in [0.3, 0.4) is 0 Å². The van der Waals surface area contributed by atoms with Gasteiger partial charge in [-0.2, -0.15) is 0 Å². The average Bonchev–Trinajstić information content (AvgIpc) is 3.62. The normalized spacial score (nSPS) is 11.4. The highest BCUT2D eigenvalue weighted by atomic mass is 15.1. The fourth-order valence-corrected chi connectivity index (χ4v) is 8.01. The van der Waals surface area contributed by atoms with Crippen molar-refractivity contribution in [2.24, 2.45) is 0 Å². The number of rotatable bonds is 6. The molecule has 0 bridgehead atoms. The Morgan fingerprint density at radius 1 is 0.321 bits per heavy atom. The molecule has 1 heterocycles. The lowest BCUT2D eigenvalue weighted by atomic mass is 9.85. The van der Waals surface area contributed by atoms with E-state index in [1.165, 1.54) is 54.9 Å². The molecule has 0 radical (unpaired) electrons. The lowest BCUT2D eigenvalue weighted by Crippen LogP contribution is -1.98. The molecular weight excluding hydrogens is 641 g/mol. The molecular formula is C51H34N2. The largest absolute Gasteiger partial charge is 0.292 e. The van der Waals surface area contributed by atoms with Crippen LogP contribution in [0.15, 0.2) is 206 Å². The Labute approximate surface area is 308 Å². The fraction of sp³-hybridized carbons (Fsp3) is 0. The highest BCUT2D eigenvalue weighted by molar-refractivity contribution is 6.21. The number of benzene rings is 9. The van der Waals surface area contributed by atoms with Crippen LogP contribution in [0.25, 0.3) is 94.2 Å². The summed E-state index contributed by atoms with van der Waals surface area (Å²) in [6.07, 6.45) is 0. The summed E-state index contributed by atoms with van der Waals surface area (Å²) in [5, 5.41) is 4.93. The molecule has 0 aliphatic rings. The lowest BCUT2D eigenvalue weighted by molar-refractivity contribution is 1.10. The van der Waals surface area contributed by atoms with E-state index >= 15 is 0 Å². The van der Waals surface area contributed by atoms with Crippen LogP contribution in [0.1, 0.15) is 0 Å². The molecule has 0 N–H and O–H groups in total. The van der Waals surface area contributed by atoms with Crippen molar-refractivity contribution in [2.45, 2.75) is 0 Å². The Morgan fingerprint density at radius 3 is 1.36 bits per heavy atom. The van der Waals surface area contributed by atoms with Crippen molar-refractivity contribution in [1.29, 1.82) is 0 Å². The zero-order valence-corrected chi connectivity index (χ0v) is 29.0. The van der Waals surface area contributed by atoms with Gasteiger partial charge in [-0.05, 0) is 90.3 Å². The van der Waals surface area contributed by atoms with Gasteiger partial charge in [0.2, 0.25) is 0 Å². The highest BCUT2D eigenvalue weighted by Crippen LogP contribution is 2.45. The smallest absolute Gasteiger partial charge is 0.146 e. The number of hydrogen-bond donors (Lipinski definition) is 0. The molecule has 1 aromatic heterocycles. The van der Waals surface area contributed by atoms with Crippen molar-refractivity contribution in [1.82, 2.24) is 9.55 Å². The SMILES string of the molecule is c1ccc(-c2ccc(-c3c4ccccc4c(-c4ccc5c(c4)nc(-c4ccccc4-c4ccccc4)n5-c4ccccc4)c4ccccc34)cc2)cc1. The number of hydrogen-bond acceptors (Lipinski definition) is 1. The second kappa shape index (κ2) is 12.9. The standard InChI is InChI=1S/C51H34N2/c1-4-16-35(17-5-1)36-28-30-38(31-29-36)49-42-23-11-13-25-44(42)50(45-26-14-12-24-43(45)49)39-32-33-48-47(34-39)52-51(53(48)40-20-8-3-9-21-40)46-27-15-10-22-41(46)37-18-6-2-7-19-37/h1-34H. The summed E-state index contributed by atoms with van der Waals surface area (Å²) < 4.78 is 2.30. The first kappa shape index (κ1) is 30.8. The van der Waals surface area contributed by atoms with Crippen LogP contribution >= 0.6 is 0 Å². The van der Waals surface area contributed by atoms with Gasteiger partial charge in [-0.3, -0.25) is 4.57 Å². The molecule has 2 heteroatoms. The zero-order chi connectivity index (χ0) is 35.1. The first-order valence-electron chi connectivity index (χ1n) is 18.1. The van der Waals surface area contributed by atoms with E-state index in [1.807, 2.05) is 0 Å². The fourth-order valence-electron chi connectivity index (χ4n) is 8.01. The number of imidazole rings is 1. The highest BCUT2D eigenvalue weighted by Gasteiger charge is 2.21. The van der Waals surface area contributed by atoms with Crippen LogP contribution in [-0.2, 0) is 0 Å². The molecule has 0 fully saturated rings. The molecule has 0 amide bonds. The molecule has 10 rings (SSSR count). The van der Waals surface area contributed by atoms with Gasteiger partial charge in [0, 0.05) is 11.3 Å². The Morgan fingerprint density at radius 2 is 0.755 bits per heavy atom. The van der Waals surface area contributed by atoms with E-state index in [1.54, 1.807) is 0 Å². The zero-order valence-electron chi connectivity index (χ0n) is 29.0. The lowest BCUT2D eigenvalue weighted by Gasteiger charge is -2.18. The summed E-state index contributed by atoms with van der Waals surface area (Å²) in [6.45, 7) is 0. The molecule has 9 aromatic carbocycles. The summed E-state index contributed by atoms with van der Waals surface area (Å²) in [4.78, 5) is 5.45. The monoisotopic (exact) mass is 674 g/mol. The molecule has 248 valence electrons. The second-order valence-electron chi connectivity index (χ2n) is 13.5. The number of aromatic nitrogens is 2. The van der Waals surface area contributed by atoms with Gasteiger partial charge >= 0.3 is 0 Å². The Bertz CT molecular complexity index is 2850. The van der Waals surface area contributed by atoms with Crippen LogP contribution in [0.2, 0.25) is 0 Å².